The van der Waals surface area contributed by atoms with Crippen LogP contribution >= 0.6 is 11.5 Å². The van der Waals surface area contributed by atoms with Gasteiger partial charge in [0.15, 0.2) is 16.6 Å². The summed E-state index contributed by atoms with van der Waals surface area (Å²) in [6, 6.07) is 0. The van der Waals surface area contributed by atoms with E-state index in [4.69, 9.17) is 10.5 Å². The third kappa shape index (κ3) is 2.28. The van der Waals surface area contributed by atoms with Gasteiger partial charge in [0.25, 0.3) is 0 Å². The SMILES string of the molecule is CCOc1c(N)nsc1N1CCC(CC)(CC)C1. The molecule has 0 saturated carbocycles. The van der Waals surface area contributed by atoms with Crippen LogP contribution in [-0.2, 0) is 0 Å². The molecule has 5 heteroatoms. The average molecular weight is 269 g/mol. The number of rotatable bonds is 5. The lowest BCUT2D eigenvalue weighted by atomic mass is 9.82. The number of hydrogen-bond donors (Lipinski definition) is 1. The molecule has 1 aliphatic heterocycles. The molecular formula is C13H23N3OS. The van der Waals surface area contributed by atoms with Gasteiger partial charge in [-0.3, -0.25) is 0 Å². The standard InChI is InChI=1S/C13H23N3OS/c1-4-13(5-2)7-8-16(9-13)12-10(17-6-3)11(14)15-18-12/h4-9H2,1-3H3,(H2,14,15). The molecule has 102 valence electrons. The molecule has 0 spiro atoms. The molecule has 0 unspecified atom stereocenters. The molecule has 2 rings (SSSR count). The van der Waals surface area contributed by atoms with Crippen molar-refractivity contribution in [2.75, 3.05) is 30.3 Å². The monoisotopic (exact) mass is 269 g/mol. The van der Waals surface area contributed by atoms with Crippen LogP contribution in [0.25, 0.3) is 0 Å². The molecule has 18 heavy (non-hydrogen) atoms. The fraction of sp³-hybridized carbons (Fsp3) is 0.769. The minimum atomic E-state index is 0.461. The number of nitrogens with two attached hydrogens (primary N) is 1. The summed E-state index contributed by atoms with van der Waals surface area (Å²) < 4.78 is 9.87. The number of aromatic nitrogens is 1. The third-order valence-electron chi connectivity index (χ3n) is 4.17. The predicted octanol–water partition coefficient (Wildman–Crippen LogP) is 3.14. The first-order chi connectivity index (χ1) is 8.65. The van der Waals surface area contributed by atoms with E-state index in [-0.39, 0.29) is 0 Å². The van der Waals surface area contributed by atoms with Gasteiger partial charge in [-0.1, -0.05) is 13.8 Å². The van der Waals surface area contributed by atoms with Crippen molar-refractivity contribution in [3.05, 3.63) is 0 Å². The zero-order valence-electron chi connectivity index (χ0n) is 11.5. The lowest BCUT2D eigenvalue weighted by molar-refractivity contribution is 0.301. The third-order valence-corrected chi connectivity index (χ3v) is 5.08. The first-order valence-corrected chi connectivity index (χ1v) is 7.56. The summed E-state index contributed by atoms with van der Waals surface area (Å²) in [5, 5.41) is 1.11. The lowest BCUT2D eigenvalue weighted by Gasteiger charge is -2.26. The van der Waals surface area contributed by atoms with Gasteiger partial charge in [-0.25, -0.2) is 0 Å². The molecule has 0 amide bonds. The summed E-state index contributed by atoms with van der Waals surface area (Å²) in [4.78, 5) is 2.39. The van der Waals surface area contributed by atoms with E-state index >= 15 is 0 Å². The first-order valence-electron chi connectivity index (χ1n) is 6.78. The van der Waals surface area contributed by atoms with Crippen molar-refractivity contribution in [3.63, 3.8) is 0 Å². The van der Waals surface area contributed by atoms with Gasteiger partial charge in [-0.05, 0) is 43.1 Å². The van der Waals surface area contributed by atoms with Crippen LogP contribution in [0.5, 0.6) is 5.75 Å². The largest absolute Gasteiger partial charge is 0.487 e. The molecule has 0 bridgehead atoms. The van der Waals surface area contributed by atoms with Gasteiger partial charge in [-0.15, -0.1) is 0 Å². The van der Waals surface area contributed by atoms with E-state index in [0.717, 1.165) is 23.8 Å². The maximum absolute atomic E-state index is 5.88. The van der Waals surface area contributed by atoms with Crippen LogP contribution < -0.4 is 15.4 Å². The number of nitrogen functional groups attached to an aromatic ring is 1. The summed E-state index contributed by atoms with van der Waals surface area (Å²) in [7, 11) is 0. The quantitative estimate of drug-likeness (QED) is 0.892. The van der Waals surface area contributed by atoms with Gasteiger partial charge in [0, 0.05) is 13.1 Å². The normalized spacial score (nSPS) is 18.3. The minimum Gasteiger partial charge on any atom is -0.487 e. The van der Waals surface area contributed by atoms with E-state index in [1.165, 1.54) is 30.8 Å². The van der Waals surface area contributed by atoms with E-state index in [9.17, 15) is 0 Å². The van der Waals surface area contributed by atoms with Crippen molar-refractivity contribution in [2.45, 2.75) is 40.0 Å². The second kappa shape index (κ2) is 5.34. The zero-order chi connectivity index (χ0) is 13.2. The molecule has 0 radical (unpaired) electrons. The highest BCUT2D eigenvalue weighted by molar-refractivity contribution is 7.11. The zero-order valence-corrected chi connectivity index (χ0v) is 12.3. The molecule has 0 atom stereocenters. The van der Waals surface area contributed by atoms with Gasteiger partial charge in [-0.2, -0.15) is 4.37 Å². The maximum Gasteiger partial charge on any atom is 0.197 e. The predicted molar refractivity (Wildman–Crippen MR) is 77.5 cm³/mol. The van der Waals surface area contributed by atoms with Crippen LogP contribution in [-0.4, -0.2) is 24.1 Å². The molecule has 2 N–H and O–H groups in total. The molecular weight excluding hydrogens is 246 g/mol. The molecule has 2 heterocycles. The summed E-state index contributed by atoms with van der Waals surface area (Å²) in [5.41, 5.74) is 6.34. The van der Waals surface area contributed by atoms with E-state index in [0.29, 0.717) is 17.8 Å². The van der Waals surface area contributed by atoms with E-state index < -0.39 is 0 Å². The van der Waals surface area contributed by atoms with Crippen LogP contribution in [0.15, 0.2) is 0 Å². The van der Waals surface area contributed by atoms with Crippen LogP contribution in [0.1, 0.15) is 40.0 Å². The van der Waals surface area contributed by atoms with Crippen LogP contribution in [0.3, 0.4) is 0 Å². The minimum absolute atomic E-state index is 0.461. The van der Waals surface area contributed by atoms with E-state index in [2.05, 4.69) is 23.1 Å². The Bertz CT molecular complexity index is 401. The Balaban J connectivity index is 2.19. The second-order valence-electron chi connectivity index (χ2n) is 5.01. The second-order valence-corrected chi connectivity index (χ2v) is 5.77. The Labute approximate surface area is 113 Å². The molecule has 0 aliphatic carbocycles. The van der Waals surface area contributed by atoms with Gasteiger partial charge in [0.2, 0.25) is 0 Å². The van der Waals surface area contributed by atoms with Gasteiger partial charge < -0.3 is 15.4 Å². The fourth-order valence-electron chi connectivity index (χ4n) is 2.70. The smallest absolute Gasteiger partial charge is 0.197 e. The van der Waals surface area contributed by atoms with Crippen LogP contribution in [0.4, 0.5) is 10.8 Å². The summed E-state index contributed by atoms with van der Waals surface area (Å²) >= 11 is 1.46. The van der Waals surface area contributed by atoms with E-state index in [1.54, 1.807) is 0 Å². The van der Waals surface area contributed by atoms with E-state index in [1.807, 2.05) is 6.92 Å². The fourth-order valence-corrected chi connectivity index (χ4v) is 3.49. The Kier molecular flexibility index (Phi) is 4.00. The molecule has 1 aromatic rings. The highest BCUT2D eigenvalue weighted by Crippen LogP contribution is 2.45. The Morgan fingerprint density at radius 3 is 2.67 bits per heavy atom. The molecule has 1 aliphatic rings. The summed E-state index contributed by atoms with van der Waals surface area (Å²) in [6.45, 7) is 9.38. The average Bonchev–Trinajstić information content (AvgIpc) is 2.96. The van der Waals surface area contributed by atoms with Crippen molar-refractivity contribution < 1.29 is 4.74 Å². The first kappa shape index (κ1) is 13.5. The van der Waals surface area contributed by atoms with Gasteiger partial charge in [0.1, 0.15) is 0 Å². The van der Waals surface area contributed by atoms with Crippen LogP contribution in [0, 0.1) is 5.41 Å². The summed E-state index contributed by atoms with van der Waals surface area (Å²) in [5.74, 6) is 1.31. The highest BCUT2D eigenvalue weighted by Gasteiger charge is 2.37. The van der Waals surface area contributed by atoms with Crippen molar-refractivity contribution in [1.82, 2.24) is 4.37 Å². The maximum atomic E-state index is 5.88. The molecule has 1 aromatic heterocycles. The number of nitrogens with zero attached hydrogens (tertiary/aromatic N) is 2. The van der Waals surface area contributed by atoms with Gasteiger partial charge in [0.05, 0.1) is 6.61 Å². The molecule has 4 nitrogen and oxygen atoms in total. The van der Waals surface area contributed by atoms with Gasteiger partial charge >= 0.3 is 0 Å². The molecule has 1 fully saturated rings. The van der Waals surface area contributed by atoms with Crippen molar-refractivity contribution >= 4 is 22.4 Å². The Morgan fingerprint density at radius 1 is 1.39 bits per heavy atom. The van der Waals surface area contributed by atoms with Crippen LogP contribution in [0.2, 0.25) is 0 Å². The highest BCUT2D eigenvalue weighted by atomic mass is 32.1. The number of anilines is 2. The van der Waals surface area contributed by atoms with Crippen molar-refractivity contribution in [3.8, 4) is 5.75 Å². The Morgan fingerprint density at radius 2 is 2.11 bits per heavy atom. The van der Waals surface area contributed by atoms with Crippen molar-refractivity contribution in [2.24, 2.45) is 5.41 Å². The molecule has 1 saturated heterocycles. The lowest BCUT2D eigenvalue weighted by Crippen LogP contribution is -2.25. The summed E-state index contributed by atoms with van der Waals surface area (Å²) in [6.07, 6.45) is 3.72. The molecule has 0 aromatic carbocycles. The number of ether oxygens (including phenoxy) is 1. The Hall–Kier alpha value is -0.970. The van der Waals surface area contributed by atoms with Crippen molar-refractivity contribution in [1.29, 1.82) is 0 Å². The topological polar surface area (TPSA) is 51.4 Å². The number of hydrogen-bond acceptors (Lipinski definition) is 5.